The summed E-state index contributed by atoms with van der Waals surface area (Å²) in [7, 11) is 1.64. The van der Waals surface area contributed by atoms with Crippen LogP contribution in [0.15, 0.2) is 43.0 Å². The number of nitrogens with one attached hydrogen (secondary N) is 2. The van der Waals surface area contributed by atoms with Gasteiger partial charge in [-0.05, 0) is 17.7 Å². The van der Waals surface area contributed by atoms with E-state index in [4.69, 9.17) is 4.74 Å². The summed E-state index contributed by atoms with van der Waals surface area (Å²) >= 11 is 0. The molecule has 122 valence electrons. The average molecular weight is 323 g/mol. The Hall–Kier alpha value is -3.09. The van der Waals surface area contributed by atoms with Crippen molar-refractivity contribution in [1.82, 2.24) is 24.8 Å². The molecule has 7 nitrogen and oxygen atoms in total. The number of hydrogen-bond acceptors (Lipinski definition) is 4. The Morgan fingerprint density at radius 1 is 1.25 bits per heavy atom. The number of hydrogen-bond donors (Lipinski definition) is 2. The number of rotatable bonds is 3. The molecule has 1 unspecified atom stereocenters. The highest BCUT2D eigenvalue weighted by molar-refractivity contribution is 5.90. The molecule has 2 N–H and O–H groups in total. The second-order valence-corrected chi connectivity index (χ2v) is 5.72. The van der Waals surface area contributed by atoms with Gasteiger partial charge in [-0.15, -0.1) is 0 Å². The van der Waals surface area contributed by atoms with Crippen molar-refractivity contribution in [2.45, 2.75) is 12.5 Å². The Bertz CT molecular complexity index is 838. The zero-order valence-corrected chi connectivity index (χ0v) is 13.2. The predicted octanol–water partition coefficient (Wildman–Crippen LogP) is 1.93. The van der Waals surface area contributed by atoms with Crippen LogP contribution in [0.2, 0.25) is 0 Å². The number of aromatic amines is 2. The van der Waals surface area contributed by atoms with Gasteiger partial charge in [0.1, 0.15) is 5.75 Å². The van der Waals surface area contributed by atoms with Crippen molar-refractivity contribution >= 4 is 5.91 Å². The molecular formula is C17H17N5O2. The SMILES string of the molecule is COc1ccc(C2CN(C(=O)c3ncc[nH]3)Cc3[nH]cnc32)cc1. The van der Waals surface area contributed by atoms with Crippen molar-refractivity contribution < 1.29 is 9.53 Å². The molecule has 0 saturated heterocycles. The summed E-state index contributed by atoms with van der Waals surface area (Å²) < 4.78 is 5.22. The van der Waals surface area contributed by atoms with Gasteiger partial charge in [-0.3, -0.25) is 4.79 Å². The molecule has 7 heteroatoms. The first kappa shape index (κ1) is 14.5. The Morgan fingerprint density at radius 3 is 2.79 bits per heavy atom. The van der Waals surface area contributed by atoms with E-state index < -0.39 is 0 Å². The maximum Gasteiger partial charge on any atom is 0.290 e. The summed E-state index contributed by atoms with van der Waals surface area (Å²) in [5.74, 6) is 1.07. The number of H-pyrrole nitrogens is 2. The molecule has 1 atom stereocenters. The highest BCUT2D eigenvalue weighted by Crippen LogP contribution is 2.32. The second kappa shape index (κ2) is 5.84. The Kier molecular flexibility index (Phi) is 3.53. The number of aromatic nitrogens is 4. The molecule has 0 saturated carbocycles. The molecule has 0 aliphatic carbocycles. The van der Waals surface area contributed by atoms with Crippen LogP contribution in [0.5, 0.6) is 5.75 Å². The minimum absolute atomic E-state index is 0.0184. The lowest BCUT2D eigenvalue weighted by atomic mass is 9.91. The van der Waals surface area contributed by atoms with E-state index in [2.05, 4.69) is 19.9 Å². The Morgan fingerprint density at radius 2 is 2.08 bits per heavy atom. The molecule has 0 fully saturated rings. The molecule has 2 aromatic heterocycles. The van der Waals surface area contributed by atoms with Gasteiger partial charge in [0.25, 0.3) is 5.91 Å². The lowest BCUT2D eigenvalue weighted by Crippen LogP contribution is -2.39. The predicted molar refractivity (Wildman–Crippen MR) is 86.8 cm³/mol. The van der Waals surface area contributed by atoms with Gasteiger partial charge in [-0.1, -0.05) is 12.1 Å². The minimum Gasteiger partial charge on any atom is -0.497 e. The monoisotopic (exact) mass is 323 g/mol. The zero-order valence-electron chi connectivity index (χ0n) is 13.2. The topological polar surface area (TPSA) is 86.9 Å². The number of imidazole rings is 2. The molecular weight excluding hydrogens is 306 g/mol. The summed E-state index contributed by atoms with van der Waals surface area (Å²) in [5, 5.41) is 0. The first-order valence-electron chi connectivity index (χ1n) is 7.71. The summed E-state index contributed by atoms with van der Waals surface area (Å²) in [4.78, 5) is 29.0. The van der Waals surface area contributed by atoms with Gasteiger partial charge in [0.05, 0.1) is 31.4 Å². The van der Waals surface area contributed by atoms with E-state index >= 15 is 0 Å². The number of ether oxygens (including phenoxy) is 1. The smallest absolute Gasteiger partial charge is 0.290 e. The van der Waals surface area contributed by atoms with Crippen molar-refractivity contribution in [1.29, 1.82) is 0 Å². The van der Waals surface area contributed by atoms with Gasteiger partial charge in [0.15, 0.2) is 5.82 Å². The van der Waals surface area contributed by atoms with Gasteiger partial charge < -0.3 is 19.6 Å². The second-order valence-electron chi connectivity index (χ2n) is 5.72. The number of amides is 1. The quantitative estimate of drug-likeness (QED) is 0.771. The van der Waals surface area contributed by atoms with Gasteiger partial charge in [-0.25, -0.2) is 9.97 Å². The van der Waals surface area contributed by atoms with E-state index in [1.807, 2.05) is 24.3 Å². The van der Waals surface area contributed by atoms with Crippen LogP contribution in [0.4, 0.5) is 0 Å². The molecule has 0 spiro atoms. The van der Waals surface area contributed by atoms with Crippen molar-refractivity contribution in [2.24, 2.45) is 0 Å². The van der Waals surface area contributed by atoms with Crippen molar-refractivity contribution in [3.05, 3.63) is 65.8 Å². The standard InChI is InChI=1S/C17H17N5O2/c1-24-12-4-2-11(3-5-12)13-8-22(9-14-15(13)21-10-20-14)17(23)16-18-6-7-19-16/h2-7,10,13H,8-9H2,1H3,(H,18,19)(H,20,21). The fourth-order valence-corrected chi connectivity index (χ4v) is 3.11. The third-order valence-corrected chi connectivity index (χ3v) is 4.34. The molecule has 4 rings (SSSR count). The molecule has 1 aromatic carbocycles. The van der Waals surface area contributed by atoms with Crippen LogP contribution in [0, 0.1) is 0 Å². The van der Waals surface area contributed by atoms with E-state index in [0.29, 0.717) is 18.9 Å². The molecule has 1 aliphatic heterocycles. The lowest BCUT2D eigenvalue weighted by molar-refractivity contribution is 0.0710. The van der Waals surface area contributed by atoms with E-state index in [-0.39, 0.29) is 11.8 Å². The third kappa shape index (κ3) is 2.44. The van der Waals surface area contributed by atoms with Crippen LogP contribution in [0.25, 0.3) is 0 Å². The first-order chi connectivity index (χ1) is 11.8. The van der Waals surface area contributed by atoms with Crippen molar-refractivity contribution in [3.8, 4) is 5.75 Å². The molecule has 24 heavy (non-hydrogen) atoms. The number of benzene rings is 1. The van der Waals surface area contributed by atoms with Crippen LogP contribution < -0.4 is 4.74 Å². The first-order valence-corrected chi connectivity index (χ1v) is 7.71. The fraction of sp³-hybridized carbons (Fsp3) is 0.235. The van der Waals surface area contributed by atoms with Gasteiger partial charge >= 0.3 is 0 Å². The average Bonchev–Trinajstić information content (AvgIpc) is 3.31. The zero-order chi connectivity index (χ0) is 16.5. The maximum absolute atomic E-state index is 12.6. The van der Waals surface area contributed by atoms with Crippen molar-refractivity contribution in [3.63, 3.8) is 0 Å². The van der Waals surface area contributed by atoms with E-state index in [9.17, 15) is 4.79 Å². The summed E-state index contributed by atoms with van der Waals surface area (Å²) in [5.41, 5.74) is 3.05. The highest BCUT2D eigenvalue weighted by atomic mass is 16.5. The summed E-state index contributed by atoms with van der Waals surface area (Å²) in [6, 6.07) is 7.88. The van der Waals surface area contributed by atoms with Gasteiger partial charge in [0, 0.05) is 24.9 Å². The molecule has 1 amide bonds. The number of nitrogens with zero attached hydrogens (tertiary/aromatic N) is 3. The van der Waals surface area contributed by atoms with Crippen LogP contribution in [-0.4, -0.2) is 44.4 Å². The van der Waals surface area contributed by atoms with E-state index in [1.165, 1.54) is 0 Å². The van der Waals surface area contributed by atoms with Gasteiger partial charge in [-0.2, -0.15) is 0 Å². The van der Waals surface area contributed by atoms with Crippen LogP contribution in [0.3, 0.4) is 0 Å². The van der Waals surface area contributed by atoms with Crippen LogP contribution in [0.1, 0.15) is 33.5 Å². The normalized spacial score (nSPS) is 16.7. The molecule has 3 aromatic rings. The number of carbonyl (C=O) groups is 1. The lowest BCUT2D eigenvalue weighted by Gasteiger charge is -2.31. The Labute approximate surface area is 138 Å². The number of fused-ring (bicyclic) bond motifs is 1. The van der Waals surface area contributed by atoms with Crippen LogP contribution >= 0.6 is 0 Å². The molecule has 0 bridgehead atoms. The maximum atomic E-state index is 12.6. The molecule has 3 heterocycles. The molecule has 0 radical (unpaired) electrons. The number of methoxy groups -OCH3 is 1. The summed E-state index contributed by atoms with van der Waals surface area (Å²) in [6.07, 6.45) is 4.92. The fourth-order valence-electron chi connectivity index (χ4n) is 3.11. The Balaban J connectivity index is 1.67. The summed E-state index contributed by atoms with van der Waals surface area (Å²) in [6.45, 7) is 1.06. The third-order valence-electron chi connectivity index (χ3n) is 4.34. The van der Waals surface area contributed by atoms with E-state index in [0.717, 1.165) is 22.7 Å². The highest BCUT2D eigenvalue weighted by Gasteiger charge is 2.32. The van der Waals surface area contributed by atoms with Crippen molar-refractivity contribution in [2.75, 3.05) is 13.7 Å². The number of carbonyl (C=O) groups excluding carboxylic acids is 1. The van der Waals surface area contributed by atoms with Gasteiger partial charge in [0.2, 0.25) is 0 Å². The van der Waals surface area contributed by atoms with Crippen LogP contribution in [-0.2, 0) is 6.54 Å². The molecule has 1 aliphatic rings. The van der Waals surface area contributed by atoms with E-state index in [1.54, 1.807) is 30.7 Å². The minimum atomic E-state index is -0.112. The largest absolute Gasteiger partial charge is 0.497 e.